The second-order valence-corrected chi connectivity index (χ2v) is 16.1. The average molecular weight is 743 g/mol. The number of nitrogens with zero attached hydrogens (tertiary/aromatic N) is 2. The second kappa shape index (κ2) is 12.3. The summed E-state index contributed by atoms with van der Waals surface area (Å²) in [5, 5.41) is 7.10. The predicted molar refractivity (Wildman–Crippen MR) is 243 cm³/mol. The van der Waals surface area contributed by atoms with Crippen molar-refractivity contribution in [1.82, 2.24) is 4.57 Å². The lowest BCUT2D eigenvalue weighted by Crippen LogP contribution is -2.16. The van der Waals surface area contributed by atoms with E-state index in [4.69, 9.17) is 4.42 Å². The third-order valence-electron chi connectivity index (χ3n) is 12.6. The second-order valence-electron chi connectivity index (χ2n) is 16.1. The van der Waals surface area contributed by atoms with Gasteiger partial charge in [-0.15, -0.1) is 0 Å². The highest BCUT2D eigenvalue weighted by atomic mass is 16.3. The van der Waals surface area contributed by atoms with Crippen LogP contribution in [0.2, 0.25) is 0 Å². The van der Waals surface area contributed by atoms with E-state index in [0.29, 0.717) is 0 Å². The molecule has 1 aliphatic carbocycles. The molecule has 0 atom stereocenters. The van der Waals surface area contributed by atoms with Gasteiger partial charge in [-0.2, -0.15) is 0 Å². The van der Waals surface area contributed by atoms with E-state index in [1.54, 1.807) is 0 Å². The van der Waals surface area contributed by atoms with Gasteiger partial charge >= 0.3 is 0 Å². The van der Waals surface area contributed by atoms with Crippen molar-refractivity contribution in [3.8, 4) is 27.9 Å². The van der Waals surface area contributed by atoms with Gasteiger partial charge in [0.25, 0.3) is 0 Å². The quantitative estimate of drug-likeness (QED) is 0.175. The Kier molecular flexibility index (Phi) is 6.98. The van der Waals surface area contributed by atoms with Crippen LogP contribution in [0.5, 0.6) is 0 Å². The van der Waals surface area contributed by atoms with Crippen molar-refractivity contribution in [1.29, 1.82) is 0 Å². The van der Waals surface area contributed by atoms with Gasteiger partial charge in [-0.25, -0.2) is 0 Å². The fourth-order valence-corrected chi connectivity index (χ4v) is 9.88. The topological polar surface area (TPSA) is 21.3 Å². The van der Waals surface area contributed by atoms with Crippen molar-refractivity contribution in [2.45, 2.75) is 19.3 Å². The number of rotatable bonds is 5. The number of hydrogen-bond acceptors (Lipinski definition) is 2. The van der Waals surface area contributed by atoms with E-state index in [1.165, 1.54) is 54.8 Å². The molecule has 0 saturated carbocycles. The molecular formula is C55H38N2O. The Morgan fingerprint density at radius 3 is 1.98 bits per heavy atom. The van der Waals surface area contributed by atoms with Crippen LogP contribution < -0.4 is 4.90 Å². The highest BCUT2D eigenvalue weighted by Gasteiger charge is 2.38. The van der Waals surface area contributed by atoms with Crippen molar-refractivity contribution in [2.75, 3.05) is 4.90 Å². The molecule has 0 fully saturated rings. The van der Waals surface area contributed by atoms with Gasteiger partial charge in [0.15, 0.2) is 0 Å². The number of fused-ring (bicyclic) bond motifs is 10. The first-order valence-corrected chi connectivity index (χ1v) is 20.1. The van der Waals surface area contributed by atoms with Gasteiger partial charge in [-0.05, 0) is 93.7 Å². The number of anilines is 3. The molecule has 12 rings (SSSR count). The molecule has 58 heavy (non-hydrogen) atoms. The number of hydrogen-bond donors (Lipinski definition) is 0. The summed E-state index contributed by atoms with van der Waals surface area (Å²) in [5.41, 5.74) is 15.8. The third kappa shape index (κ3) is 4.68. The van der Waals surface area contributed by atoms with Gasteiger partial charge in [0.2, 0.25) is 0 Å². The molecule has 0 bridgehead atoms. The molecule has 9 aromatic carbocycles. The SMILES string of the molecule is CC1(C)c2ccccc2-c2c(N(c3cccc(-n4c5ccccc5c5ccccc54)c3)c3ccc(-c4ccc5ccccc5c4)c4oc5ccccc5c34)cccc21. The molecule has 3 heteroatoms. The van der Waals surface area contributed by atoms with Gasteiger partial charge in [0.1, 0.15) is 11.2 Å². The first-order valence-electron chi connectivity index (χ1n) is 20.1. The van der Waals surface area contributed by atoms with Crippen LogP contribution in [0, 0.1) is 0 Å². The zero-order valence-electron chi connectivity index (χ0n) is 32.3. The summed E-state index contributed by atoms with van der Waals surface area (Å²) >= 11 is 0. The van der Waals surface area contributed by atoms with Crippen LogP contribution in [0.3, 0.4) is 0 Å². The molecule has 2 aromatic heterocycles. The molecule has 2 heterocycles. The third-order valence-corrected chi connectivity index (χ3v) is 12.6. The largest absolute Gasteiger partial charge is 0.455 e. The summed E-state index contributed by atoms with van der Waals surface area (Å²) in [6.07, 6.45) is 0. The lowest BCUT2D eigenvalue weighted by atomic mass is 9.82. The predicted octanol–water partition coefficient (Wildman–Crippen LogP) is 15.3. The molecule has 0 saturated heterocycles. The Morgan fingerprint density at radius 1 is 0.483 bits per heavy atom. The van der Waals surface area contributed by atoms with Crippen molar-refractivity contribution in [2.24, 2.45) is 0 Å². The normalized spacial score (nSPS) is 13.1. The van der Waals surface area contributed by atoms with E-state index < -0.39 is 0 Å². The monoisotopic (exact) mass is 742 g/mol. The Balaban J connectivity index is 1.17. The summed E-state index contributed by atoms with van der Waals surface area (Å²) in [6.45, 7) is 4.71. The van der Waals surface area contributed by atoms with E-state index in [0.717, 1.165) is 55.8 Å². The number of aromatic nitrogens is 1. The molecule has 0 aliphatic heterocycles. The van der Waals surface area contributed by atoms with Crippen LogP contribution in [0.15, 0.2) is 199 Å². The fourth-order valence-electron chi connectivity index (χ4n) is 9.88. The summed E-state index contributed by atoms with van der Waals surface area (Å²) in [6, 6.07) is 70.6. The maximum absolute atomic E-state index is 6.94. The van der Waals surface area contributed by atoms with Crippen molar-refractivity contribution in [3.05, 3.63) is 205 Å². The highest BCUT2D eigenvalue weighted by Crippen LogP contribution is 2.55. The van der Waals surface area contributed by atoms with E-state index in [-0.39, 0.29) is 5.41 Å². The maximum Gasteiger partial charge on any atom is 0.145 e. The van der Waals surface area contributed by atoms with Crippen LogP contribution in [0.4, 0.5) is 17.1 Å². The molecule has 274 valence electrons. The molecule has 3 nitrogen and oxygen atoms in total. The first-order chi connectivity index (χ1) is 28.5. The average Bonchev–Trinajstić information content (AvgIpc) is 3.90. The van der Waals surface area contributed by atoms with E-state index >= 15 is 0 Å². The van der Waals surface area contributed by atoms with Crippen LogP contribution in [-0.2, 0) is 5.41 Å². The smallest absolute Gasteiger partial charge is 0.145 e. The van der Waals surface area contributed by atoms with Gasteiger partial charge in [0, 0.05) is 44.1 Å². The van der Waals surface area contributed by atoms with Crippen molar-refractivity contribution in [3.63, 3.8) is 0 Å². The Morgan fingerprint density at radius 2 is 1.16 bits per heavy atom. The van der Waals surface area contributed by atoms with Crippen LogP contribution in [-0.4, -0.2) is 4.57 Å². The first kappa shape index (κ1) is 32.8. The minimum atomic E-state index is -0.157. The van der Waals surface area contributed by atoms with Gasteiger partial charge < -0.3 is 13.9 Å². The lowest BCUT2D eigenvalue weighted by molar-refractivity contribution is 0.660. The van der Waals surface area contributed by atoms with Crippen LogP contribution >= 0.6 is 0 Å². The molecule has 0 N–H and O–H groups in total. The summed E-state index contributed by atoms with van der Waals surface area (Å²) in [4.78, 5) is 2.49. The molecule has 0 spiro atoms. The molecule has 0 unspecified atom stereocenters. The molecular weight excluding hydrogens is 705 g/mol. The molecule has 0 amide bonds. The number of para-hydroxylation sites is 3. The zero-order chi connectivity index (χ0) is 38.5. The van der Waals surface area contributed by atoms with Gasteiger partial charge in [0.05, 0.1) is 27.8 Å². The number of furan rings is 1. The molecule has 0 radical (unpaired) electrons. The zero-order valence-corrected chi connectivity index (χ0v) is 32.3. The van der Waals surface area contributed by atoms with Crippen molar-refractivity contribution >= 4 is 71.6 Å². The van der Waals surface area contributed by atoms with E-state index in [2.05, 4.69) is 217 Å². The van der Waals surface area contributed by atoms with E-state index in [9.17, 15) is 0 Å². The van der Waals surface area contributed by atoms with Gasteiger partial charge in [-0.1, -0.05) is 147 Å². The lowest BCUT2D eigenvalue weighted by Gasteiger charge is -2.30. The number of benzene rings is 9. The fraction of sp³-hybridized carbons (Fsp3) is 0.0545. The summed E-state index contributed by atoms with van der Waals surface area (Å²) in [7, 11) is 0. The van der Waals surface area contributed by atoms with Gasteiger partial charge in [-0.3, -0.25) is 0 Å². The van der Waals surface area contributed by atoms with E-state index in [1.807, 2.05) is 0 Å². The standard InChI is InChI=1S/C55H38N2O/c1-55(2)45-23-9-5-21-43(45)52-46(55)24-14-27-49(52)57(39-18-13-17-38(34-39)56-47-25-10-6-19-41(47)42-20-7-11-26-48(42)56)50-32-31-40(37-30-29-35-15-3-4-16-36(35)33-37)54-53(50)44-22-8-12-28-51(44)58-54/h3-34H,1-2H3. The minimum absolute atomic E-state index is 0.157. The molecule has 1 aliphatic rings. The van der Waals surface area contributed by atoms with Crippen LogP contribution in [0.25, 0.3) is 82.5 Å². The van der Waals surface area contributed by atoms with Crippen LogP contribution in [0.1, 0.15) is 25.0 Å². The van der Waals surface area contributed by atoms with Crippen molar-refractivity contribution < 1.29 is 4.42 Å². The summed E-state index contributed by atoms with van der Waals surface area (Å²) < 4.78 is 9.35. The minimum Gasteiger partial charge on any atom is -0.455 e. The summed E-state index contributed by atoms with van der Waals surface area (Å²) in [5.74, 6) is 0. The maximum atomic E-state index is 6.94. The Labute approximate surface area is 336 Å². The Hall–Kier alpha value is -7.36. The molecule has 11 aromatic rings. The Bertz CT molecular complexity index is 3400. The highest BCUT2D eigenvalue weighted by molar-refractivity contribution is 6.18.